The molecule has 1 aromatic rings. The molecular formula is C11H16O2. The summed E-state index contributed by atoms with van der Waals surface area (Å²) in [6.45, 7) is 4.09. The van der Waals surface area contributed by atoms with Gasteiger partial charge in [-0.15, -0.1) is 0 Å². The van der Waals surface area contributed by atoms with Crippen molar-refractivity contribution in [2.45, 2.75) is 26.1 Å². The number of hydrogen-bond donors (Lipinski definition) is 1. The van der Waals surface area contributed by atoms with Crippen molar-refractivity contribution in [2.24, 2.45) is 0 Å². The van der Waals surface area contributed by atoms with Gasteiger partial charge in [-0.05, 0) is 19.4 Å². The molecule has 1 aromatic carbocycles. The van der Waals surface area contributed by atoms with E-state index in [9.17, 15) is 5.11 Å². The van der Waals surface area contributed by atoms with Crippen LogP contribution in [0.5, 0.6) is 0 Å². The Morgan fingerprint density at radius 1 is 1.31 bits per heavy atom. The molecule has 1 unspecified atom stereocenters. The molecule has 0 aliphatic rings. The van der Waals surface area contributed by atoms with Crippen molar-refractivity contribution in [2.75, 3.05) is 6.61 Å². The summed E-state index contributed by atoms with van der Waals surface area (Å²) in [5.41, 5.74) is 1.08. The Morgan fingerprint density at radius 3 is 2.46 bits per heavy atom. The minimum Gasteiger partial charge on any atom is -0.365 e. The minimum atomic E-state index is -1.05. The Balaban J connectivity index is 2.58. The van der Waals surface area contributed by atoms with Gasteiger partial charge in [-0.3, -0.25) is 0 Å². The smallest absolute Gasteiger partial charge is 0.166 e. The molecular weight excluding hydrogens is 164 g/mol. The van der Waals surface area contributed by atoms with Gasteiger partial charge in [-0.25, -0.2) is 0 Å². The molecule has 2 nitrogen and oxygen atoms in total. The van der Waals surface area contributed by atoms with E-state index >= 15 is 0 Å². The maximum Gasteiger partial charge on any atom is 0.166 e. The van der Waals surface area contributed by atoms with E-state index in [0.29, 0.717) is 13.0 Å². The van der Waals surface area contributed by atoms with Crippen LogP contribution in [0.15, 0.2) is 30.3 Å². The zero-order chi connectivity index (χ0) is 9.73. The average molecular weight is 180 g/mol. The fourth-order valence-corrected chi connectivity index (χ4v) is 1.34. The van der Waals surface area contributed by atoms with Gasteiger partial charge in [0.25, 0.3) is 0 Å². The predicted octanol–water partition coefficient (Wildman–Crippen LogP) is 1.97. The minimum absolute atomic E-state index is 0.528. The lowest BCUT2D eigenvalue weighted by Gasteiger charge is -2.22. The van der Waals surface area contributed by atoms with Crippen LogP contribution in [0.2, 0.25) is 0 Å². The van der Waals surface area contributed by atoms with Gasteiger partial charge in [0.05, 0.1) is 0 Å². The Kier molecular flexibility index (Phi) is 3.46. The molecule has 1 atom stereocenters. The highest BCUT2D eigenvalue weighted by Gasteiger charge is 2.20. The van der Waals surface area contributed by atoms with E-state index in [1.54, 1.807) is 6.92 Å². The molecule has 13 heavy (non-hydrogen) atoms. The predicted molar refractivity (Wildman–Crippen MR) is 52.4 cm³/mol. The van der Waals surface area contributed by atoms with Gasteiger partial charge in [0, 0.05) is 13.0 Å². The largest absolute Gasteiger partial charge is 0.365 e. The zero-order valence-electron chi connectivity index (χ0n) is 8.16. The third-order valence-corrected chi connectivity index (χ3v) is 1.83. The molecule has 0 aliphatic heterocycles. The standard InChI is InChI=1S/C11H16O2/c1-3-13-11(2,12)9-10-7-5-4-6-8-10/h4-8,12H,3,9H2,1-2H3. The second-order valence-electron chi connectivity index (χ2n) is 3.27. The molecule has 0 fully saturated rings. The molecule has 1 rings (SSSR count). The monoisotopic (exact) mass is 180 g/mol. The van der Waals surface area contributed by atoms with Crippen molar-refractivity contribution in [3.8, 4) is 0 Å². The van der Waals surface area contributed by atoms with Crippen molar-refractivity contribution in [3.63, 3.8) is 0 Å². The molecule has 0 aromatic heterocycles. The van der Waals surface area contributed by atoms with Crippen molar-refractivity contribution in [1.82, 2.24) is 0 Å². The SMILES string of the molecule is CCOC(C)(O)Cc1ccccc1. The highest BCUT2D eigenvalue weighted by atomic mass is 16.6. The quantitative estimate of drug-likeness (QED) is 0.718. The summed E-state index contributed by atoms with van der Waals surface area (Å²) in [6.07, 6.45) is 0.529. The van der Waals surface area contributed by atoms with E-state index in [1.165, 1.54) is 0 Å². The maximum absolute atomic E-state index is 9.75. The van der Waals surface area contributed by atoms with Gasteiger partial charge in [0.1, 0.15) is 0 Å². The van der Waals surface area contributed by atoms with Crippen LogP contribution in [0.25, 0.3) is 0 Å². The molecule has 0 saturated heterocycles. The van der Waals surface area contributed by atoms with Crippen molar-refractivity contribution >= 4 is 0 Å². The lowest BCUT2D eigenvalue weighted by atomic mass is 10.1. The molecule has 0 spiro atoms. The molecule has 0 radical (unpaired) electrons. The van der Waals surface area contributed by atoms with Crippen LogP contribution < -0.4 is 0 Å². The number of aliphatic hydroxyl groups is 1. The van der Waals surface area contributed by atoms with Crippen LogP contribution in [0, 0.1) is 0 Å². The second-order valence-corrected chi connectivity index (χ2v) is 3.27. The van der Waals surface area contributed by atoms with E-state index in [4.69, 9.17) is 4.74 Å². The van der Waals surface area contributed by atoms with Gasteiger partial charge >= 0.3 is 0 Å². The summed E-state index contributed by atoms with van der Waals surface area (Å²) in [5, 5.41) is 9.75. The van der Waals surface area contributed by atoms with Crippen LogP contribution in [-0.2, 0) is 11.2 Å². The number of benzene rings is 1. The van der Waals surface area contributed by atoms with Crippen LogP contribution >= 0.6 is 0 Å². The summed E-state index contributed by atoms with van der Waals surface area (Å²) in [7, 11) is 0. The van der Waals surface area contributed by atoms with Crippen molar-refractivity contribution in [3.05, 3.63) is 35.9 Å². The van der Waals surface area contributed by atoms with Crippen molar-refractivity contribution < 1.29 is 9.84 Å². The van der Waals surface area contributed by atoms with E-state index < -0.39 is 5.79 Å². The first-order chi connectivity index (χ1) is 6.14. The summed E-state index contributed by atoms with van der Waals surface area (Å²) < 4.78 is 5.19. The average Bonchev–Trinajstić information content (AvgIpc) is 2.04. The van der Waals surface area contributed by atoms with E-state index in [0.717, 1.165) is 5.56 Å². The summed E-state index contributed by atoms with van der Waals surface area (Å²) >= 11 is 0. The lowest BCUT2D eigenvalue weighted by Crippen LogP contribution is -2.30. The Labute approximate surface area is 79.2 Å². The molecule has 0 heterocycles. The molecule has 0 bridgehead atoms. The zero-order valence-corrected chi connectivity index (χ0v) is 8.16. The normalized spacial score (nSPS) is 15.3. The van der Waals surface area contributed by atoms with Gasteiger partial charge in [-0.1, -0.05) is 30.3 Å². The first-order valence-electron chi connectivity index (χ1n) is 4.54. The summed E-state index contributed by atoms with van der Waals surface area (Å²) in [4.78, 5) is 0. The topological polar surface area (TPSA) is 29.5 Å². The molecule has 0 aliphatic carbocycles. The number of rotatable bonds is 4. The van der Waals surface area contributed by atoms with Crippen molar-refractivity contribution in [1.29, 1.82) is 0 Å². The summed E-state index contributed by atoms with van der Waals surface area (Å²) in [6, 6.07) is 9.83. The first kappa shape index (κ1) is 10.2. The Hall–Kier alpha value is -0.860. The van der Waals surface area contributed by atoms with Crippen LogP contribution in [0.4, 0.5) is 0 Å². The molecule has 1 N–H and O–H groups in total. The molecule has 0 saturated carbocycles. The van der Waals surface area contributed by atoms with Gasteiger partial charge in [-0.2, -0.15) is 0 Å². The molecule has 0 amide bonds. The summed E-state index contributed by atoms with van der Waals surface area (Å²) in [5.74, 6) is -1.05. The van der Waals surface area contributed by atoms with Crippen LogP contribution in [0.1, 0.15) is 19.4 Å². The fourth-order valence-electron chi connectivity index (χ4n) is 1.34. The Bertz CT molecular complexity index is 242. The third-order valence-electron chi connectivity index (χ3n) is 1.83. The first-order valence-corrected chi connectivity index (χ1v) is 4.54. The molecule has 72 valence electrons. The molecule has 2 heteroatoms. The lowest BCUT2D eigenvalue weighted by molar-refractivity contribution is -0.185. The van der Waals surface area contributed by atoms with Gasteiger partial charge < -0.3 is 9.84 Å². The van der Waals surface area contributed by atoms with E-state index in [1.807, 2.05) is 37.3 Å². The van der Waals surface area contributed by atoms with Crippen LogP contribution in [0.3, 0.4) is 0 Å². The fraction of sp³-hybridized carbons (Fsp3) is 0.455. The second kappa shape index (κ2) is 4.40. The van der Waals surface area contributed by atoms with Gasteiger partial charge in [0.15, 0.2) is 5.79 Å². The number of ether oxygens (including phenoxy) is 1. The Morgan fingerprint density at radius 2 is 1.92 bits per heavy atom. The van der Waals surface area contributed by atoms with Crippen LogP contribution in [-0.4, -0.2) is 17.5 Å². The highest BCUT2D eigenvalue weighted by molar-refractivity contribution is 5.15. The van der Waals surface area contributed by atoms with Gasteiger partial charge in [0.2, 0.25) is 0 Å². The number of hydrogen-bond acceptors (Lipinski definition) is 2. The van der Waals surface area contributed by atoms with E-state index in [-0.39, 0.29) is 0 Å². The third kappa shape index (κ3) is 3.57. The van der Waals surface area contributed by atoms with E-state index in [2.05, 4.69) is 0 Å². The maximum atomic E-state index is 9.75. The highest BCUT2D eigenvalue weighted by Crippen LogP contribution is 2.13.